The van der Waals surface area contributed by atoms with Crippen molar-refractivity contribution in [1.82, 2.24) is 34.9 Å². The summed E-state index contributed by atoms with van der Waals surface area (Å²) >= 11 is 12.6. The van der Waals surface area contributed by atoms with Crippen LogP contribution in [0, 0.1) is 0 Å². The number of hydrogen-bond acceptors (Lipinski definition) is 6. The van der Waals surface area contributed by atoms with Crippen LogP contribution >= 0.6 is 23.2 Å². The van der Waals surface area contributed by atoms with E-state index in [1.54, 1.807) is 12.4 Å². The zero-order chi connectivity index (χ0) is 23.4. The van der Waals surface area contributed by atoms with Crippen LogP contribution < -0.4 is 4.74 Å². The lowest BCUT2D eigenvalue weighted by Gasteiger charge is -2.22. The number of aromatic amines is 2. The van der Waals surface area contributed by atoms with E-state index in [-0.39, 0.29) is 6.10 Å². The first-order valence-corrected chi connectivity index (χ1v) is 12.2. The summed E-state index contributed by atoms with van der Waals surface area (Å²) in [5.74, 6) is 1.48. The van der Waals surface area contributed by atoms with Gasteiger partial charge in [-0.15, -0.1) is 0 Å². The molecule has 3 aromatic heterocycles. The van der Waals surface area contributed by atoms with Crippen LogP contribution in [-0.2, 0) is 13.1 Å². The van der Waals surface area contributed by atoms with Crippen LogP contribution in [0.3, 0.4) is 0 Å². The Kier molecular flexibility index (Phi) is 5.49. The molecule has 0 amide bonds. The number of halogens is 2. The Morgan fingerprint density at radius 3 is 2.74 bits per heavy atom. The fourth-order valence-electron chi connectivity index (χ4n) is 5.06. The van der Waals surface area contributed by atoms with Gasteiger partial charge in [0.25, 0.3) is 0 Å². The number of nitrogens with one attached hydrogen (secondary N) is 2. The molecule has 0 aliphatic carbocycles. The molecule has 2 N–H and O–H groups in total. The van der Waals surface area contributed by atoms with Gasteiger partial charge < -0.3 is 14.6 Å². The van der Waals surface area contributed by atoms with Crippen molar-refractivity contribution in [3.8, 4) is 17.3 Å². The second-order valence-corrected chi connectivity index (χ2v) is 9.99. The first-order chi connectivity index (χ1) is 16.5. The fourth-order valence-corrected chi connectivity index (χ4v) is 5.73. The summed E-state index contributed by atoms with van der Waals surface area (Å²) in [5, 5.41) is 9.56. The highest BCUT2D eigenvalue weighted by molar-refractivity contribution is 6.35. The van der Waals surface area contributed by atoms with Crippen LogP contribution in [0.2, 0.25) is 10.0 Å². The lowest BCUT2D eigenvalue weighted by molar-refractivity contribution is 0.198. The number of pyridine rings is 1. The summed E-state index contributed by atoms with van der Waals surface area (Å²) in [4.78, 5) is 17.4. The molecule has 10 heteroatoms. The zero-order valence-electron chi connectivity index (χ0n) is 19.0. The van der Waals surface area contributed by atoms with Crippen molar-refractivity contribution in [2.45, 2.75) is 38.6 Å². The molecule has 0 radical (unpaired) electrons. The smallest absolute Gasteiger partial charge is 0.159 e. The number of likely N-dealkylation sites (tertiary alicyclic amines) is 1. The molecule has 6 rings (SSSR count). The summed E-state index contributed by atoms with van der Waals surface area (Å²) in [7, 11) is 2.19. The predicted molar refractivity (Wildman–Crippen MR) is 132 cm³/mol. The van der Waals surface area contributed by atoms with E-state index in [0.717, 1.165) is 54.3 Å². The maximum atomic E-state index is 6.31. The van der Waals surface area contributed by atoms with Gasteiger partial charge in [-0.1, -0.05) is 23.2 Å². The van der Waals surface area contributed by atoms with Gasteiger partial charge in [-0.05, 0) is 45.1 Å². The van der Waals surface area contributed by atoms with Crippen molar-refractivity contribution in [3.63, 3.8) is 0 Å². The number of aromatic nitrogens is 5. The molecule has 5 heterocycles. The van der Waals surface area contributed by atoms with Gasteiger partial charge in [0.15, 0.2) is 5.82 Å². The highest BCUT2D eigenvalue weighted by Gasteiger charge is 2.32. The number of rotatable bonds is 5. The lowest BCUT2D eigenvalue weighted by atomic mass is 10.1. The van der Waals surface area contributed by atoms with Crippen LogP contribution in [0.25, 0.3) is 22.4 Å². The summed E-state index contributed by atoms with van der Waals surface area (Å²) in [5.41, 5.74) is 4.72. The van der Waals surface area contributed by atoms with E-state index >= 15 is 0 Å². The number of fused-ring (bicyclic) bond motifs is 2. The van der Waals surface area contributed by atoms with Gasteiger partial charge in [-0.25, -0.2) is 4.98 Å². The van der Waals surface area contributed by atoms with Gasteiger partial charge in [-0.2, -0.15) is 5.10 Å². The third-order valence-electron chi connectivity index (χ3n) is 6.83. The molecule has 34 heavy (non-hydrogen) atoms. The lowest BCUT2D eigenvalue weighted by Crippen LogP contribution is -2.33. The third kappa shape index (κ3) is 3.84. The van der Waals surface area contributed by atoms with Crippen molar-refractivity contribution in [2.75, 3.05) is 20.1 Å². The maximum absolute atomic E-state index is 6.31. The number of benzene rings is 1. The number of likely N-dealkylation sites (N-methyl/N-ethyl adjacent to an activating group) is 1. The van der Waals surface area contributed by atoms with E-state index in [1.807, 2.05) is 25.1 Å². The van der Waals surface area contributed by atoms with E-state index < -0.39 is 0 Å². The van der Waals surface area contributed by atoms with Gasteiger partial charge >= 0.3 is 0 Å². The molecule has 2 atom stereocenters. The number of nitrogens with zero attached hydrogens (tertiary/aromatic N) is 5. The first kappa shape index (κ1) is 21.9. The Morgan fingerprint density at radius 2 is 2.00 bits per heavy atom. The van der Waals surface area contributed by atoms with Crippen molar-refractivity contribution in [1.29, 1.82) is 0 Å². The average molecular weight is 498 g/mol. The molecule has 0 spiro atoms. The Morgan fingerprint density at radius 1 is 1.18 bits per heavy atom. The topological polar surface area (TPSA) is 86.0 Å². The molecule has 1 fully saturated rings. The Balaban J connectivity index is 1.24. The normalized spacial score (nSPS) is 19.7. The Labute approximate surface area is 207 Å². The van der Waals surface area contributed by atoms with Crippen LogP contribution in [-0.4, -0.2) is 61.1 Å². The zero-order valence-corrected chi connectivity index (χ0v) is 20.5. The molecule has 0 bridgehead atoms. The molecular weight excluding hydrogens is 473 g/mol. The highest BCUT2D eigenvalue weighted by atomic mass is 35.5. The number of ether oxygens (including phenoxy) is 1. The summed E-state index contributed by atoms with van der Waals surface area (Å²) in [6.45, 7) is 5.99. The van der Waals surface area contributed by atoms with E-state index in [0.29, 0.717) is 27.4 Å². The largest absolute Gasteiger partial charge is 0.486 e. The number of H-pyrrole nitrogens is 2. The van der Waals surface area contributed by atoms with E-state index in [4.69, 9.17) is 32.9 Å². The van der Waals surface area contributed by atoms with E-state index in [2.05, 4.69) is 37.0 Å². The van der Waals surface area contributed by atoms with Crippen LogP contribution in [0.15, 0.2) is 30.6 Å². The SMILES string of the molecule is C[C@@H](Oc1ccc2[nH]nc(-c3nc4c([nH]3)CN([C@@H]3CCN(C)C3)C4)c2c1)c1c(Cl)cncc1Cl. The van der Waals surface area contributed by atoms with Gasteiger partial charge in [0.05, 0.1) is 26.9 Å². The second kappa shape index (κ2) is 8.53. The minimum absolute atomic E-state index is 0.344. The summed E-state index contributed by atoms with van der Waals surface area (Å²) in [6.07, 6.45) is 4.02. The Bertz CT molecular complexity index is 1320. The fraction of sp³-hybridized carbons (Fsp3) is 0.375. The summed E-state index contributed by atoms with van der Waals surface area (Å²) in [6, 6.07) is 6.44. The number of hydrogen-bond donors (Lipinski definition) is 2. The molecular formula is C24H25Cl2N7O. The van der Waals surface area contributed by atoms with Crippen LogP contribution in [0.5, 0.6) is 5.75 Å². The number of imidazole rings is 1. The molecule has 8 nitrogen and oxygen atoms in total. The third-order valence-corrected chi connectivity index (χ3v) is 7.43. The highest BCUT2D eigenvalue weighted by Crippen LogP contribution is 2.35. The minimum atomic E-state index is -0.344. The maximum Gasteiger partial charge on any atom is 0.159 e. The summed E-state index contributed by atoms with van der Waals surface area (Å²) < 4.78 is 6.19. The van der Waals surface area contributed by atoms with Gasteiger partial charge in [0.2, 0.25) is 0 Å². The molecule has 4 aromatic rings. The van der Waals surface area contributed by atoms with Crippen LogP contribution in [0.4, 0.5) is 0 Å². The minimum Gasteiger partial charge on any atom is -0.486 e. The molecule has 1 saturated heterocycles. The van der Waals surface area contributed by atoms with Crippen molar-refractivity contribution in [2.24, 2.45) is 0 Å². The molecule has 1 aromatic carbocycles. The van der Waals surface area contributed by atoms with E-state index in [1.165, 1.54) is 12.1 Å². The molecule has 0 saturated carbocycles. The monoisotopic (exact) mass is 497 g/mol. The van der Waals surface area contributed by atoms with Crippen LogP contribution in [0.1, 0.15) is 36.4 Å². The van der Waals surface area contributed by atoms with Crippen molar-refractivity contribution >= 4 is 34.1 Å². The quantitative estimate of drug-likeness (QED) is 0.411. The molecule has 0 unspecified atom stereocenters. The van der Waals surface area contributed by atoms with Crippen molar-refractivity contribution < 1.29 is 4.74 Å². The van der Waals surface area contributed by atoms with Crippen molar-refractivity contribution in [3.05, 3.63) is 57.6 Å². The van der Waals surface area contributed by atoms with E-state index in [9.17, 15) is 0 Å². The predicted octanol–water partition coefficient (Wildman–Crippen LogP) is 4.81. The van der Waals surface area contributed by atoms with Gasteiger partial charge in [0.1, 0.15) is 17.5 Å². The standard InChI is InChI=1S/C24H25Cl2N7O/c1-13(22-17(25)8-27-9-18(22)26)34-15-3-4-19-16(7-15)23(31-30-19)24-28-20-11-33(12-21(20)29-24)14-5-6-32(2)10-14/h3-4,7-9,13-14H,5-6,10-12H2,1-2H3,(H,28,29)(H,30,31)/t13-,14-/m1/s1. The molecule has 176 valence electrons. The first-order valence-electron chi connectivity index (χ1n) is 11.4. The van der Waals surface area contributed by atoms with Gasteiger partial charge in [-0.3, -0.25) is 15.0 Å². The Hall–Kier alpha value is -2.65. The molecule has 2 aliphatic rings. The molecule has 2 aliphatic heterocycles. The van der Waals surface area contributed by atoms with Gasteiger partial charge in [0, 0.05) is 49.0 Å². The second-order valence-electron chi connectivity index (χ2n) is 9.18. The average Bonchev–Trinajstić information content (AvgIpc) is 3.55.